The van der Waals surface area contributed by atoms with Crippen LogP contribution in [0.5, 0.6) is 0 Å². The van der Waals surface area contributed by atoms with Crippen LogP contribution in [0.15, 0.2) is 35.4 Å². The molecule has 32 heavy (non-hydrogen) atoms. The van der Waals surface area contributed by atoms with E-state index in [4.69, 9.17) is 14.6 Å². The monoisotopic (exact) mass is 448 g/mol. The summed E-state index contributed by atoms with van der Waals surface area (Å²) in [7, 11) is 0. The summed E-state index contributed by atoms with van der Waals surface area (Å²) >= 11 is 0. The fourth-order valence-corrected chi connectivity index (χ4v) is 3.71. The summed E-state index contributed by atoms with van der Waals surface area (Å²) in [6.07, 6.45) is -9.08. The van der Waals surface area contributed by atoms with Crippen LogP contribution in [0.2, 0.25) is 0 Å². The van der Waals surface area contributed by atoms with Crippen LogP contribution >= 0.6 is 0 Å². The van der Waals surface area contributed by atoms with Crippen molar-refractivity contribution in [3.63, 3.8) is 0 Å². The molecule has 10 heteroatoms. The number of fused-ring (bicyclic) bond motifs is 1. The van der Waals surface area contributed by atoms with Crippen LogP contribution in [-0.2, 0) is 19.1 Å². The fourth-order valence-electron chi connectivity index (χ4n) is 3.71. The van der Waals surface area contributed by atoms with E-state index in [0.717, 1.165) is 0 Å². The van der Waals surface area contributed by atoms with Crippen LogP contribution in [0, 0.1) is 5.92 Å². The molecule has 0 bridgehead atoms. The molecule has 1 aliphatic carbocycles. The smallest absolute Gasteiger partial charge is 0.335 e. The first kappa shape index (κ1) is 23.7. The number of ketones is 2. The van der Waals surface area contributed by atoms with Crippen LogP contribution in [-0.4, -0.2) is 74.6 Å². The van der Waals surface area contributed by atoms with Gasteiger partial charge in [0.2, 0.25) is 6.29 Å². The summed E-state index contributed by atoms with van der Waals surface area (Å²) in [4.78, 5) is 49.0. The average molecular weight is 448 g/mol. The van der Waals surface area contributed by atoms with Crippen LogP contribution < -0.4 is 0 Å². The average Bonchev–Trinajstić information content (AvgIpc) is 2.77. The van der Waals surface area contributed by atoms with Crippen molar-refractivity contribution < 1.29 is 49.1 Å². The van der Waals surface area contributed by atoms with Gasteiger partial charge in [0, 0.05) is 22.3 Å². The number of carboxylic acids is 1. The van der Waals surface area contributed by atoms with Crippen molar-refractivity contribution in [2.75, 3.05) is 0 Å². The number of aliphatic carboxylic acids is 1. The second kappa shape index (κ2) is 9.29. The maximum absolute atomic E-state index is 12.8. The molecule has 0 aromatic heterocycles. The first-order chi connectivity index (χ1) is 15.0. The molecule has 1 saturated heterocycles. The SMILES string of the molecule is CC1=C(CCC(C)C(=O)O[C@@H]2O[C@H](C(=O)O)[C@@H](O)[C@H](O)[C@H]2O)C(=O)c2ccccc2C1=O. The van der Waals surface area contributed by atoms with Crippen molar-refractivity contribution in [2.45, 2.75) is 57.4 Å². The highest BCUT2D eigenvalue weighted by Crippen LogP contribution is 2.30. The molecular weight excluding hydrogens is 424 g/mol. The fraction of sp³-hybridized carbons (Fsp3) is 0.455. The van der Waals surface area contributed by atoms with Gasteiger partial charge < -0.3 is 29.9 Å². The maximum Gasteiger partial charge on any atom is 0.335 e. The summed E-state index contributed by atoms with van der Waals surface area (Å²) < 4.78 is 9.96. The number of carboxylic acid groups (broad SMARTS) is 1. The van der Waals surface area contributed by atoms with Crippen molar-refractivity contribution >= 4 is 23.5 Å². The van der Waals surface area contributed by atoms with E-state index in [0.29, 0.717) is 22.3 Å². The maximum atomic E-state index is 12.8. The lowest BCUT2D eigenvalue weighted by molar-refractivity contribution is -0.287. The Morgan fingerprint density at radius 1 is 1.03 bits per heavy atom. The van der Waals surface area contributed by atoms with Crippen LogP contribution in [0.25, 0.3) is 0 Å². The Hall–Kier alpha value is -2.92. The van der Waals surface area contributed by atoms with Gasteiger partial charge in [0.05, 0.1) is 5.92 Å². The molecule has 1 aliphatic heterocycles. The molecule has 10 nitrogen and oxygen atoms in total. The number of esters is 1. The summed E-state index contributed by atoms with van der Waals surface area (Å²) in [6.45, 7) is 3.05. The number of benzene rings is 1. The van der Waals surface area contributed by atoms with Gasteiger partial charge in [-0.2, -0.15) is 0 Å². The van der Waals surface area contributed by atoms with Gasteiger partial charge >= 0.3 is 11.9 Å². The van der Waals surface area contributed by atoms with E-state index in [-0.39, 0.29) is 24.4 Å². The minimum absolute atomic E-state index is 0.119. The summed E-state index contributed by atoms with van der Waals surface area (Å²) in [6, 6.07) is 6.49. The highest BCUT2D eigenvalue weighted by atomic mass is 16.7. The lowest BCUT2D eigenvalue weighted by Gasteiger charge is -2.38. The number of rotatable bonds is 6. The number of hydrogen-bond acceptors (Lipinski definition) is 9. The third kappa shape index (κ3) is 4.35. The Morgan fingerprint density at radius 2 is 1.62 bits per heavy atom. The van der Waals surface area contributed by atoms with Crippen LogP contribution in [0.1, 0.15) is 47.4 Å². The molecule has 1 heterocycles. The molecule has 0 radical (unpaired) electrons. The number of carbonyl (C=O) groups excluding carboxylic acids is 3. The molecule has 2 aliphatic rings. The topological polar surface area (TPSA) is 168 Å². The van der Waals surface area contributed by atoms with Gasteiger partial charge in [0.25, 0.3) is 0 Å². The lowest BCUT2D eigenvalue weighted by atomic mass is 9.82. The van der Waals surface area contributed by atoms with Gasteiger partial charge in [-0.25, -0.2) is 4.79 Å². The Labute approximate surface area is 183 Å². The molecule has 1 aromatic rings. The van der Waals surface area contributed by atoms with E-state index >= 15 is 0 Å². The normalized spacial score (nSPS) is 28.8. The van der Waals surface area contributed by atoms with Crippen molar-refractivity contribution in [3.8, 4) is 0 Å². The highest BCUT2D eigenvalue weighted by molar-refractivity contribution is 6.26. The zero-order valence-electron chi connectivity index (χ0n) is 17.4. The van der Waals surface area contributed by atoms with E-state index in [1.54, 1.807) is 31.2 Å². The Kier molecular flexibility index (Phi) is 6.89. The Bertz CT molecular complexity index is 981. The molecule has 1 fully saturated rings. The van der Waals surface area contributed by atoms with E-state index in [1.807, 2.05) is 0 Å². The van der Waals surface area contributed by atoms with Gasteiger partial charge in [-0.3, -0.25) is 14.4 Å². The predicted molar refractivity (Wildman–Crippen MR) is 107 cm³/mol. The van der Waals surface area contributed by atoms with Crippen molar-refractivity contribution in [1.82, 2.24) is 0 Å². The van der Waals surface area contributed by atoms with E-state index in [9.17, 15) is 34.5 Å². The van der Waals surface area contributed by atoms with Gasteiger partial charge in [-0.1, -0.05) is 31.2 Å². The standard InChI is InChI=1S/C22H24O10/c1-9(21(30)32-22-18(27)16(25)17(26)19(31-22)20(28)29)7-8-11-10(2)14(23)12-5-3-4-6-13(12)15(11)24/h3-6,9,16-19,22,25-27H,7-8H2,1-2H3,(H,28,29)/t9?,16-,17-,18+,19-,22-/m0/s1. The van der Waals surface area contributed by atoms with Gasteiger partial charge in [0.15, 0.2) is 17.7 Å². The van der Waals surface area contributed by atoms with Crippen LogP contribution in [0.4, 0.5) is 0 Å². The highest BCUT2D eigenvalue weighted by Gasteiger charge is 2.48. The first-order valence-corrected chi connectivity index (χ1v) is 10.1. The quantitative estimate of drug-likeness (QED) is 0.442. The largest absolute Gasteiger partial charge is 0.479 e. The zero-order chi connectivity index (χ0) is 23.7. The zero-order valence-corrected chi connectivity index (χ0v) is 17.4. The van der Waals surface area contributed by atoms with Gasteiger partial charge in [-0.15, -0.1) is 0 Å². The molecule has 3 rings (SSSR count). The number of aliphatic hydroxyl groups is 3. The van der Waals surface area contributed by atoms with E-state index in [2.05, 4.69) is 0 Å². The summed E-state index contributed by atoms with van der Waals surface area (Å²) in [5, 5.41) is 38.5. The van der Waals surface area contributed by atoms with Gasteiger partial charge in [-0.05, 0) is 19.8 Å². The first-order valence-electron chi connectivity index (χ1n) is 10.1. The second-order valence-corrected chi connectivity index (χ2v) is 7.92. The number of allylic oxidation sites excluding steroid dienone is 2. The molecule has 1 unspecified atom stereocenters. The third-order valence-corrected chi connectivity index (χ3v) is 5.76. The summed E-state index contributed by atoms with van der Waals surface area (Å²) in [5.41, 5.74) is 1.25. The van der Waals surface area contributed by atoms with Crippen molar-refractivity contribution in [3.05, 3.63) is 46.5 Å². The van der Waals surface area contributed by atoms with Crippen molar-refractivity contribution in [2.24, 2.45) is 5.92 Å². The lowest BCUT2D eigenvalue weighted by Crippen LogP contribution is -2.60. The molecule has 6 atom stereocenters. The molecule has 172 valence electrons. The molecule has 1 aromatic carbocycles. The molecule has 0 saturated carbocycles. The molecule has 0 amide bonds. The number of aliphatic hydroxyl groups excluding tert-OH is 3. The molecule has 4 N–H and O–H groups in total. The third-order valence-electron chi connectivity index (χ3n) is 5.76. The number of ether oxygens (including phenoxy) is 2. The van der Waals surface area contributed by atoms with Crippen LogP contribution in [0.3, 0.4) is 0 Å². The number of carbonyl (C=O) groups is 4. The van der Waals surface area contributed by atoms with E-state index in [1.165, 1.54) is 6.92 Å². The minimum Gasteiger partial charge on any atom is -0.479 e. The Morgan fingerprint density at radius 3 is 2.22 bits per heavy atom. The van der Waals surface area contributed by atoms with Crippen molar-refractivity contribution in [1.29, 1.82) is 0 Å². The summed E-state index contributed by atoms with van der Waals surface area (Å²) in [5.74, 6) is -3.81. The second-order valence-electron chi connectivity index (χ2n) is 7.92. The number of hydrogen-bond donors (Lipinski definition) is 4. The minimum atomic E-state index is -1.90. The van der Waals surface area contributed by atoms with Gasteiger partial charge in [0.1, 0.15) is 18.3 Å². The molecular formula is C22H24O10. The van der Waals surface area contributed by atoms with E-state index < -0.39 is 48.6 Å². The molecule has 0 spiro atoms. The Balaban J connectivity index is 1.65. The predicted octanol–water partition coefficient (Wildman–Crippen LogP) is 0.234. The number of Topliss-reactive ketones (excluding diaryl/α,β-unsaturated/α-hetero) is 2.